The van der Waals surface area contributed by atoms with Gasteiger partial charge in [0.1, 0.15) is 17.4 Å². The van der Waals surface area contributed by atoms with Crippen LogP contribution in [0.25, 0.3) is 11.3 Å². The number of anilines is 2. The molecule has 0 atom stereocenters. The number of benzene rings is 1. The zero-order chi connectivity index (χ0) is 22.8. The van der Waals surface area contributed by atoms with E-state index in [0.717, 1.165) is 17.9 Å². The highest BCUT2D eigenvalue weighted by Gasteiger charge is 2.33. The number of pyridine rings is 2. The molecule has 1 amide bonds. The van der Waals surface area contributed by atoms with Crippen molar-refractivity contribution < 1.29 is 13.9 Å². The first-order valence-electron chi connectivity index (χ1n) is 10.5. The predicted molar refractivity (Wildman–Crippen MR) is 123 cm³/mol. The normalized spacial score (nSPS) is 12.8. The molecule has 0 unspecified atom stereocenters. The molecule has 1 aliphatic rings. The van der Waals surface area contributed by atoms with Gasteiger partial charge in [-0.2, -0.15) is 0 Å². The fourth-order valence-corrected chi connectivity index (χ4v) is 3.98. The van der Waals surface area contributed by atoms with Crippen LogP contribution in [0.3, 0.4) is 0 Å². The van der Waals surface area contributed by atoms with Crippen molar-refractivity contribution >= 4 is 17.4 Å². The fraction of sp³-hybridized carbons (Fsp3) is 0.292. The van der Waals surface area contributed by atoms with Gasteiger partial charge in [0.15, 0.2) is 0 Å². The van der Waals surface area contributed by atoms with Crippen molar-refractivity contribution in [1.29, 1.82) is 0 Å². The largest absolute Gasteiger partial charge is 0.496 e. The van der Waals surface area contributed by atoms with Crippen LogP contribution in [0, 0.1) is 5.82 Å². The second-order valence-corrected chi connectivity index (χ2v) is 7.57. The highest BCUT2D eigenvalue weighted by molar-refractivity contribution is 6.10. The molecule has 2 aromatic heterocycles. The van der Waals surface area contributed by atoms with Crippen molar-refractivity contribution in [3.05, 3.63) is 65.2 Å². The molecule has 1 aliphatic heterocycles. The molecule has 4 rings (SSSR count). The lowest BCUT2D eigenvalue weighted by Gasteiger charge is -2.22. The van der Waals surface area contributed by atoms with Gasteiger partial charge in [0.25, 0.3) is 5.91 Å². The molecule has 0 fully saturated rings. The lowest BCUT2D eigenvalue weighted by atomic mass is 10.0. The van der Waals surface area contributed by atoms with Crippen LogP contribution in [-0.2, 0) is 13.1 Å². The number of fused-ring (bicyclic) bond motifs is 1. The molecule has 0 saturated carbocycles. The molecular weight excluding hydrogens is 409 g/mol. The third kappa shape index (κ3) is 3.67. The van der Waals surface area contributed by atoms with Crippen molar-refractivity contribution in [2.75, 3.05) is 37.5 Å². The molecule has 7 nitrogen and oxygen atoms in total. The summed E-state index contributed by atoms with van der Waals surface area (Å²) in [5, 5.41) is 3.14. The lowest BCUT2D eigenvalue weighted by Crippen LogP contribution is -2.26. The Labute approximate surface area is 186 Å². The minimum Gasteiger partial charge on any atom is -0.496 e. The Bertz CT molecular complexity index is 1170. The lowest BCUT2D eigenvalue weighted by molar-refractivity contribution is 0.0996. The molecule has 166 valence electrons. The van der Waals surface area contributed by atoms with Gasteiger partial charge in [0, 0.05) is 37.5 Å². The van der Waals surface area contributed by atoms with Gasteiger partial charge in [-0.05, 0) is 44.3 Å². The smallest absolute Gasteiger partial charge is 0.260 e. The SMILES string of the molecule is CCN(C)c1ccc(N2Cc3c(ccnc3-c3c(F)cccc3OC)C2=O)nc1CNC. The zero-order valence-electron chi connectivity index (χ0n) is 18.6. The molecule has 32 heavy (non-hydrogen) atoms. The second kappa shape index (κ2) is 8.92. The maximum absolute atomic E-state index is 14.8. The summed E-state index contributed by atoms with van der Waals surface area (Å²) in [6.07, 6.45) is 1.53. The van der Waals surface area contributed by atoms with Gasteiger partial charge >= 0.3 is 0 Å². The maximum Gasteiger partial charge on any atom is 0.260 e. The molecule has 3 heterocycles. The Morgan fingerprint density at radius 3 is 2.78 bits per heavy atom. The molecule has 1 aromatic carbocycles. The average Bonchev–Trinajstić information content (AvgIpc) is 3.15. The Kier molecular flexibility index (Phi) is 6.05. The van der Waals surface area contributed by atoms with E-state index in [1.165, 1.54) is 19.4 Å². The van der Waals surface area contributed by atoms with Crippen molar-refractivity contribution in [3.8, 4) is 17.0 Å². The standard InChI is InChI=1S/C24H26FN5O2/c1-5-29(3)19-9-10-21(28-18(19)13-26-2)30-14-16-15(24(30)31)11-12-27-23(16)22-17(25)7-6-8-20(22)32-4/h6-12,26H,5,13-14H2,1-4H3. The van der Waals surface area contributed by atoms with Crippen LogP contribution in [0.1, 0.15) is 28.5 Å². The number of ether oxygens (including phenoxy) is 1. The van der Waals surface area contributed by atoms with E-state index in [0.29, 0.717) is 34.9 Å². The molecule has 0 aliphatic carbocycles. The highest BCUT2D eigenvalue weighted by atomic mass is 19.1. The zero-order valence-corrected chi connectivity index (χ0v) is 18.6. The minimum atomic E-state index is -0.447. The Hall–Kier alpha value is -3.52. The van der Waals surface area contributed by atoms with Crippen LogP contribution in [-0.4, -0.2) is 43.6 Å². The third-order valence-electron chi connectivity index (χ3n) is 5.72. The summed E-state index contributed by atoms with van der Waals surface area (Å²) in [5.41, 5.74) is 3.68. The topological polar surface area (TPSA) is 70.6 Å². The Balaban J connectivity index is 1.77. The Morgan fingerprint density at radius 1 is 1.25 bits per heavy atom. The van der Waals surface area contributed by atoms with Crippen molar-refractivity contribution in [2.45, 2.75) is 20.0 Å². The van der Waals surface area contributed by atoms with E-state index in [4.69, 9.17) is 9.72 Å². The van der Waals surface area contributed by atoms with Gasteiger partial charge in [-0.25, -0.2) is 9.37 Å². The quantitative estimate of drug-likeness (QED) is 0.611. The summed E-state index contributed by atoms with van der Waals surface area (Å²) in [5.74, 6) is 0.297. The summed E-state index contributed by atoms with van der Waals surface area (Å²) >= 11 is 0. The molecule has 0 saturated heterocycles. The van der Waals surface area contributed by atoms with E-state index in [9.17, 15) is 9.18 Å². The van der Waals surface area contributed by atoms with E-state index >= 15 is 0 Å². The number of amides is 1. The first-order valence-corrected chi connectivity index (χ1v) is 10.5. The van der Waals surface area contributed by atoms with Gasteiger partial charge < -0.3 is 15.0 Å². The van der Waals surface area contributed by atoms with Crippen molar-refractivity contribution in [1.82, 2.24) is 15.3 Å². The Morgan fingerprint density at radius 2 is 2.06 bits per heavy atom. The molecule has 0 radical (unpaired) electrons. The summed E-state index contributed by atoms with van der Waals surface area (Å²) in [6.45, 7) is 3.74. The second-order valence-electron chi connectivity index (χ2n) is 7.57. The molecule has 3 aromatic rings. The van der Waals surface area contributed by atoms with Crippen LogP contribution < -0.4 is 19.9 Å². The number of carbonyl (C=O) groups is 1. The van der Waals surface area contributed by atoms with Crippen LogP contribution in [0.2, 0.25) is 0 Å². The molecular formula is C24H26FN5O2. The third-order valence-corrected chi connectivity index (χ3v) is 5.72. The van der Waals surface area contributed by atoms with Crippen molar-refractivity contribution in [2.24, 2.45) is 0 Å². The average molecular weight is 436 g/mol. The van der Waals surface area contributed by atoms with Crippen molar-refractivity contribution in [3.63, 3.8) is 0 Å². The van der Waals surface area contributed by atoms with Gasteiger partial charge in [0.05, 0.1) is 36.3 Å². The number of methoxy groups -OCH3 is 1. The van der Waals surface area contributed by atoms with Gasteiger partial charge in [-0.1, -0.05) is 6.07 Å². The number of aromatic nitrogens is 2. The number of hydrogen-bond donors (Lipinski definition) is 1. The maximum atomic E-state index is 14.8. The van der Waals surface area contributed by atoms with E-state index in [2.05, 4.69) is 22.1 Å². The summed E-state index contributed by atoms with van der Waals surface area (Å²) in [6, 6.07) is 10.1. The van der Waals surface area contributed by atoms with E-state index in [-0.39, 0.29) is 18.0 Å². The summed E-state index contributed by atoms with van der Waals surface area (Å²) in [7, 11) is 5.36. The van der Waals surface area contributed by atoms with Gasteiger partial charge in [-0.3, -0.25) is 14.7 Å². The van der Waals surface area contributed by atoms with Crippen LogP contribution in [0.5, 0.6) is 5.75 Å². The van der Waals surface area contributed by atoms with E-state index in [1.54, 1.807) is 23.1 Å². The molecule has 1 N–H and O–H groups in total. The van der Waals surface area contributed by atoms with Crippen LogP contribution >= 0.6 is 0 Å². The molecule has 8 heteroatoms. The van der Waals surface area contributed by atoms with Gasteiger partial charge in [0.2, 0.25) is 0 Å². The minimum absolute atomic E-state index is 0.182. The highest BCUT2D eigenvalue weighted by Crippen LogP contribution is 2.38. The van der Waals surface area contributed by atoms with E-state index < -0.39 is 5.82 Å². The first kappa shape index (κ1) is 21.7. The molecule has 0 spiro atoms. The number of rotatable bonds is 7. The number of nitrogens with zero attached hydrogens (tertiary/aromatic N) is 4. The first-order chi connectivity index (χ1) is 15.5. The number of carbonyl (C=O) groups excluding carboxylic acids is 1. The van der Waals surface area contributed by atoms with Crippen LogP contribution in [0.15, 0.2) is 42.6 Å². The number of hydrogen-bond acceptors (Lipinski definition) is 6. The molecule has 0 bridgehead atoms. The number of nitrogens with one attached hydrogen (secondary N) is 1. The number of halogens is 1. The predicted octanol–water partition coefficient (Wildman–Crippen LogP) is 3.63. The summed E-state index contributed by atoms with van der Waals surface area (Å²) < 4.78 is 20.1. The monoisotopic (exact) mass is 435 g/mol. The fourth-order valence-electron chi connectivity index (χ4n) is 3.98. The van der Waals surface area contributed by atoms with Crippen LogP contribution in [0.4, 0.5) is 15.9 Å². The van der Waals surface area contributed by atoms with Gasteiger partial charge in [-0.15, -0.1) is 0 Å². The summed E-state index contributed by atoms with van der Waals surface area (Å²) in [4.78, 5) is 26.2. The van der Waals surface area contributed by atoms with E-state index in [1.807, 2.05) is 26.2 Å².